The number of rotatable bonds is 3. The number of aromatic nitrogens is 6. The second-order valence-electron chi connectivity index (χ2n) is 7.93. The summed E-state index contributed by atoms with van der Waals surface area (Å²) in [6.45, 7) is 3.32. The van der Waals surface area contributed by atoms with E-state index in [1.807, 2.05) is 6.92 Å². The summed E-state index contributed by atoms with van der Waals surface area (Å²) in [4.78, 5) is 29.0. The number of piperidine rings is 1. The monoisotopic (exact) mass is 444 g/mol. The SMILES string of the molecule is Cc1ccc(C(=O)N2CC3CCN(c4nccc(C(F)(F)F)n4)CC32)c(-n2ccnn2)n1. The van der Waals surface area contributed by atoms with Gasteiger partial charge in [-0.2, -0.15) is 13.2 Å². The molecule has 2 saturated heterocycles. The van der Waals surface area contributed by atoms with Crippen molar-refractivity contribution in [1.82, 2.24) is 34.8 Å². The van der Waals surface area contributed by atoms with Gasteiger partial charge in [-0.05, 0) is 31.5 Å². The van der Waals surface area contributed by atoms with Gasteiger partial charge in [-0.1, -0.05) is 5.21 Å². The lowest BCUT2D eigenvalue weighted by molar-refractivity contribution is -0.141. The van der Waals surface area contributed by atoms with Crippen molar-refractivity contribution in [2.45, 2.75) is 25.6 Å². The summed E-state index contributed by atoms with van der Waals surface area (Å²) < 4.78 is 40.6. The van der Waals surface area contributed by atoms with Crippen molar-refractivity contribution in [3.8, 4) is 5.82 Å². The molecule has 0 bridgehead atoms. The summed E-state index contributed by atoms with van der Waals surface area (Å²) in [5, 5.41) is 7.74. The fourth-order valence-corrected chi connectivity index (χ4v) is 4.23. The summed E-state index contributed by atoms with van der Waals surface area (Å²) >= 11 is 0. The van der Waals surface area contributed by atoms with E-state index in [9.17, 15) is 18.0 Å². The van der Waals surface area contributed by atoms with Crippen LogP contribution < -0.4 is 4.90 Å². The Morgan fingerprint density at radius 3 is 2.72 bits per heavy atom. The first-order valence-corrected chi connectivity index (χ1v) is 10.1. The zero-order chi connectivity index (χ0) is 22.5. The van der Waals surface area contributed by atoms with Gasteiger partial charge >= 0.3 is 6.18 Å². The number of hydrogen-bond acceptors (Lipinski definition) is 7. The first kappa shape index (κ1) is 20.3. The number of alkyl halides is 3. The average molecular weight is 444 g/mol. The highest BCUT2D eigenvalue weighted by molar-refractivity contribution is 5.98. The van der Waals surface area contributed by atoms with Crippen molar-refractivity contribution in [1.29, 1.82) is 0 Å². The van der Waals surface area contributed by atoms with Crippen LogP contribution in [-0.4, -0.2) is 66.4 Å². The van der Waals surface area contributed by atoms with Crippen molar-refractivity contribution >= 4 is 11.9 Å². The van der Waals surface area contributed by atoms with Gasteiger partial charge in [-0.15, -0.1) is 5.10 Å². The predicted octanol–water partition coefficient (Wildman–Crippen LogP) is 2.13. The van der Waals surface area contributed by atoms with Crippen LogP contribution in [-0.2, 0) is 6.18 Å². The molecular weight excluding hydrogens is 425 g/mol. The van der Waals surface area contributed by atoms with Crippen molar-refractivity contribution in [2.75, 3.05) is 24.5 Å². The third kappa shape index (κ3) is 3.55. The minimum absolute atomic E-state index is 0.0258. The maximum atomic E-state index is 13.4. The lowest BCUT2D eigenvalue weighted by atomic mass is 9.82. The number of aryl methyl sites for hydroxylation is 1. The number of carbonyl (C=O) groups excluding carboxylic acids is 1. The fourth-order valence-electron chi connectivity index (χ4n) is 4.23. The van der Waals surface area contributed by atoms with E-state index >= 15 is 0 Å². The molecule has 0 aliphatic carbocycles. The van der Waals surface area contributed by atoms with E-state index in [0.717, 1.165) is 24.4 Å². The normalized spacial score (nSPS) is 20.6. The van der Waals surface area contributed by atoms with Crippen LogP contribution in [0.25, 0.3) is 5.82 Å². The Kier molecular flexibility index (Phi) is 4.79. The van der Waals surface area contributed by atoms with Crippen LogP contribution in [0.15, 0.2) is 36.8 Å². The third-order valence-electron chi connectivity index (χ3n) is 5.91. The molecule has 5 rings (SSSR count). The molecule has 5 heterocycles. The average Bonchev–Trinajstić information content (AvgIpc) is 3.29. The summed E-state index contributed by atoms with van der Waals surface area (Å²) in [6.07, 6.45) is 0.445. The zero-order valence-corrected chi connectivity index (χ0v) is 17.1. The third-order valence-corrected chi connectivity index (χ3v) is 5.91. The lowest BCUT2D eigenvalue weighted by Gasteiger charge is -2.53. The second kappa shape index (κ2) is 7.53. The molecule has 3 aromatic rings. The summed E-state index contributed by atoms with van der Waals surface area (Å²) in [7, 11) is 0. The van der Waals surface area contributed by atoms with Crippen LogP contribution in [0.2, 0.25) is 0 Å². The minimum Gasteiger partial charge on any atom is -0.339 e. The van der Waals surface area contributed by atoms with E-state index in [4.69, 9.17) is 0 Å². The van der Waals surface area contributed by atoms with E-state index < -0.39 is 11.9 Å². The number of pyridine rings is 1. The van der Waals surface area contributed by atoms with E-state index in [0.29, 0.717) is 31.0 Å². The maximum Gasteiger partial charge on any atom is 0.433 e. The van der Waals surface area contributed by atoms with Crippen molar-refractivity contribution in [3.63, 3.8) is 0 Å². The van der Waals surface area contributed by atoms with E-state index in [1.165, 1.54) is 10.9 Å². The van der Waals surface area contributed by atoms with Crippen LogP contribution in [0.4, 0.5) is 19.1 Å². The highest BCUT2D eigenvalue weighted by atomic mass is 19.4. The molecule has 2 aliphatic heterocycles. The Balaban J connectivity index is 1.38. The molecule has 2 fully saturated rings. The van der Waals surface area contributed by atoms with Gasteiger partial charge in [0.25, 0.3) is 5.91 Å². The molecule has 2 aliphatic rings. The molecular formula is C20H19F3N8O. The minimum atomic E-state index is -4.54. The van der Waals surface area contributed by atoms with Gasteiger partial charge < -0.3 is 9.80 Å². The Labute approximate surface area is 180 Å². The molecule has 0 radical (unpaired) electrons. The van der Waals surface area contributed by atoms with E-state index in [1.54, 1.807) is 28.1 Å². The molecule has 1 amide bonds. The molecule has 12 heteroatoms. The van der Waals surface area contributed by atoms with Gasteiger partial charge in [0.05, 0.1) is 24.0 Å². The molecule has 0 saturated carbocycles. The largest absolute Gasteiger partial charge is 0.433 e. The molecule has 0 N–H and O–H groups in total. The number of halogens is 3. The fraction of sp³-hybridized carbons (Fsp3) is 0.400. The highest BCUT2D eigenvalue weighted by Crippen LogP contribution is 2.36. The predicted molar refractivity (Wildman–Crippen MR) is 106 cm³/mol. The second-order valence-corrected chi connectivity index (χ2v) is 7.93. The number of amides is 1. The molecule has 166 valence electrons. The maximum absolute atomic E-state index is 13.4. The van der Waals surface area contributed by atoms with Gasteiger partial charge in [0.2, 0.25) is 5.95 Å². The number of fused-ring (bicyclic) bond motifs is 1. The van der Waals surface area contributed by atoms with Gasteiger partial charge in [0.1, 0.15) is 5.69 Å². The lowest BCUT2D eigenvalue weighted by Crippen LogP contribution is -2.66. The molecule has 3 aromatic heterocycles. The van der Waals surface area contributed by atoms with Gasteiger partial charge in [-0.3, -0.25) is 4.79 Å². The summed E-state index contributed by atoms with van der Waals surface area (Å²) in [6, 6.07) is 4.19. The zero-order valence-electron chi connectivity index (χ0n) is 17.1. The van der Waals surface area contributed by atoms with Crippen molar-refractivity contribution in [2.24, 2.45) is 5.92 Å². The quantitative estimate of drug-likeness (QED) is 0.611. The Morgan fingerprint density at radius 2 is 1.97 bits per heavy atom. The van der Waals surface area contributed by atoms with Gasteiger partial charge in [0, 0.05) is 37.4 Å². The Hall–Kier alpha value is -3.57. The molecule has 0 spiro atoms. The van der Waals surface area contributed by atoms with Crippen molar-refractivity contribution in [3.05, 3.63) is 53.7 Å². The number of hydrogen-bond donors (Lipinski definition) is 0. The van der Waals surface area contributed by atoms with Gasteiger partial charge in [-0.25, -0.2) is 19.6 Å². The molecule has 2 atom stereocenters. The summed E-state index contributed by atoms with van der Waals surface area (Å²) in [5.74, 6) is 0.507. The number of nitrogens with zero attached hydrogens (tertiary/aromatic N) is 8. The molecule has 9 nitrogen and oxygen atoms in total. The standard InChI is InChI=1S/C20H19F3N8O/c1-12-2-3-14(17(26-12)31-9-7-25-28-31)18(32)30-10-13-5-8-29(11-15(13)30)19-24-6-4-16(27-19)20(21,22)23/h2-4,6-7,9,13,15H,5,8,10-11H2,1H3. The molecule has 0 aromatic carbocycles. The van der Waals surface area contributed by atoms with Crippen LogP contribution >= 0.6 is 0 Å². The Morgan fingerprint density at radius 1 is 1.12 bits per heavy atom. The van der Waals surface area contributed by atoms with Crippen LogP contribution in [0, 0.1) is 12.8 Å². The summed E-state index contributed by atoms with van der Waals surface area (Å²) in [5.41, 5.74) is 0.153. The van der Waals surface area contributed by atoms with Crippen LogP contribution in [0.5, 0.6) is 0 Å². The topological polar surface area (TPSA) is 92.9 Å². The number of anilines is 1. The highest BCUT2D eigenvalue weighted by Gasteiger charge is 2.46. The number of carbonyl (C=O) groups is 1. The van der Waals surface area contributed by atoms with E-state index in [-0.39, 0.29) is 23.8 Å². The molecule has 2 unspecified atom stereocenters. The first-order valence-electron chi connectivity index (χ1n) is 10.1. The molecule has 32 heavy (non-hydrogen) atoms. The Bertz CT molecular complexity index is 1150. The van der Waals surface area contributed by atoms with E-state index in [2.05, 4.69) is 25.3 Å². The van der Waals surface area contributed by atoms with Crippen LogP contribution in [0.3, 0.4) is 0 Å². The first-order chi connectivity index (χ1) is 15.3. The van der Waals surface area contributed by atoms with Crippen LogP contribution in [0.1, 0.15) is 28.2 Å². The van der Waals surface area contributed by atoms with Crippen molar-refractivity contribution < 1.29 is 18.0 Å². The number of likely N-dealkylation sites (tertiary alicyclic amines) is 1. The smallest absolute Gasteiger partial charge is 0.339 e. The van der Waals surface area contributed by atoms with Gasteiger partial charge in [0.15, 0.2) is 5.82 Å².